The predicted molar refractivity (Wildman–Crippen MR) is 101 cm³/mol. The van der Waals surface area contributed by atoms with Gasteiger partial charge in [0.2, 0.25) is 5.91 Å². The van der Waals surface area contributed by atoms with Gasteiger partial charge in [0.15, 0.2) is 0 Å². The molecule has 1 aliphatic carbocycles. The van der Waals surface area contributed by atoms with Crippen LogP contribution in [0.15, 0.2) is 17.8 Å². The van der Waals surface area contributed by atoms with Crippen molar-refractivity contribution >= 4 is 33.3 Å². The molecular weight excluding hydrogens is 352 g/mol. The summed E-state index contributed by atoms with van der Waals surface area (Å²) in [6.45, 7) is 2.24. The molecule has 2 aromatic heterocycles. The number of hydrogen-bond donors (Lipinski definition) is 1. The van der Waals surface area contributed by atoms with Crippen LogP contribution >= 0.6 is 11.3 Å². The van der Waals surface area contributed by atoms with Crippen molar-refractivity contribution in [3.8, 4) is 0 Å². The molecule has 2 fully saturated rings. The summed E-state index contributed by atoms with van der Waals surface area (Å²) in [6.07, 6.45) is 5.72. The average molecular weight is 376 g/mol. The summed E-state index contributed by atoms with van der Waals surface area (Å²) >= 11 is 1.63. The van der Waals surface area contributed by atoms with E-state index in [1.807, 2.05) is 5.38 Å². The molecular formula is C18H24N4O3S. The first-order valence-electron chi connectivity index (χ1n) is 9.07. The van der Waals surface area contributed by atoms with Gasteiger partial charge in [0.1, 0.15) is 29.2 Å². The summed E-state index contributed by atoms with van der Waals surface area (Å²) in [5, 5.41) is 6.28. The Bertz CT molecular complexity index is 779. The molecule has 1 aliphatic heterocycles. The lowest BCUT2D eigenvalue weighted by Crippen LogP contribution is -2.64. The summed E-state index contributed by atoms with van der Waals surface area (Å²) in [5.41, 5.74) is -0.368. The highest BCUT2D eigenvalue weighted by Crippen LogP contribution is 2.37. The standard InChI is InChI=1S/C18H24N4O3S/c1-24-10-15(23)21-14-4-2-3-6-18(14)11-22(7-8-25-18)16-13-5-9-26-17(13)20-12-19-16/h5,9,12,14H,2-4,6-8,10-11H2,1H3,(H,21,23)/t14-,18-/m0/s1. The number of nitrogens with one attached hydrogen (secondary N) is 1. The van der Waals surface area contributed by atoms with Crippen molar-refractivity contribution in [1.29, 1.82) is 0 Å². The van der Waals surface area contributed by atoms with E-state index < -0.39 is 0 Å². The number of amides is 1. The molecule has 1 saturated carbocycles. The van der Waals surface area contributed by atoms with E-state index in [4.69, 9.17) is 9.47 Å². The van der Waals surface area contributed by atoms with Gasteiger partial charge in [-0.3, -0.25) is 4.79 Å². The second-order valence-corrected chi connectivity index (χ2v) is 7.86. The first-order chi connectivity index (χ1) is 12.7. The van der Waals surface area contributed by atoms with Crippen molar-refractivity contribution in [3.05, 3.63) is 17.8 Å². The summed E-state index contributed by atoms with van der Waals surface area (Å²) in [5.74, 6) is 0.883. The molecule has 140 valence electrons. The van der Waals surface area contributed by atoms with Crippen LogP contribution in [-0.4, -0.2) is 60.9 Å². The normalized spacial score (nSPS) is 26.3. The third-order valence-corrected chi connectivity index (χ3v) is 6.16. The van der Waals surface area contributed by atoms with Gasteiger partial charge in [-0.2, -0.15) is 0 Å². The Hall–Kier alpha value is -1.77. The van der Waals surface area contributed by atoms with Crippen LogP contribution in [0.25, 0.3) is 10.2 Å². The van der Waals surface area contributed by atoms with Gasteiger partial charge in [0.25, 0.3) is 0 Å². The van der Waals surface area contributed by atoms with Gasteiger partial charge < -0.3 is 19.7 Å². The van der Waals surface area contributed by atoms with Crippen molar-refractivity contribution < 1.29 is 14.3 Å². The fourth-order valence-electron chi connectivity index (χ4n) is 4.16. The van der Waals surface area contributed by atoms with Gasteiger partial charge in [-0.25, -0.2) is 9.97 Å². The summed E-state index contributed by atoms with van der Waals surface area (Å²) in [4.78, 5) is 24.3. The Labute approximate surface area is 156 Å². The monoisotopic (exact) mass is 376 g/mol. The molecule has 1 saturated heterocycles. The number of fused-ring (bicyclic) bond motifs is 1. The van der Waals surface area contributed by atoms with Crippen LogP contribution in [0.4, 0.5) is 5.82 Å². The van der Waals surface area contributed by atoms with E-state index in [9.17, 15) is 4.79 Å². The highest BCUT2D eigenvalue weighted by atomic mass is 32.1. The smallest absolute Gasteiger partial charge is 0.246 e. The maximum Gasteiger partial charge on any atom is 0.246 e. The van der Waals surface area contributed by atoms with Gasteiger partial charge in [0, 0.05) is 13.7 Å². The largest absolute Gasteiger partial charge is 0.375 e. The zero-order valence-corrected chi connectivity index (χ0v) is 15.8. The molecule has 0 radical (unpaired) electrons. The lowest BCUT2D eigenvalue weighted by Gasteiger charge is -2.50. The number of aromatic nitrogens is 2. The molecule has 8 heteroatoms. The highest BCUT2D eigenvalue weighted by Gasteiger charge is 2.46. The van der Waals surface area contributed by atoms with E-state index >= 15 is 0 Å². The number of morpholine rings is 1. The fourth-order valence-corrected chi connectivity index (χ4v) is 4.89. The molecule has 2 atom stereocenters. The second-order valence-electron chi connectivity index (χ2n) is 6.97. The van der Waals surface area contributed by atoms with Gasteiger partial charge in [0.05, 0.1) is 24.6 Å². The van der Waals surface area contributed by atoms with Crippen molar-refractivity contribution in [2.24, 2.45) is 0 Å². The van der Waals surface area contributed by atoms with Crippen LogP contribution in [0, 0.1) is 0 Å². The van der Waals surface area contributed by atoms with Crippen molar-refractivity contribution in [2.45, 2.75) is 37.3 Å². The van der Waals surface area contributed by atoms with Crippen LogP contribution in [0.5, 0.6) is 0 Å². The maximum atomic E-state index is 12.1. The van der Waals surface area contributed by atoms with Crippen molar-refractivity contribution in [3.63, 3.8) is 0 Å². The Morgan fingerprint density at radius 2 is 2.42 bits per heavy atom. The quantitative estimate of drug-likeness (QED) is 0.879. The lowest BCUT2D eigenvalue weighted by molar-refractivity contribution is -0.134. The summed E-state index contributed by atoms with van der Waals surface area (Å²) in [7, 11) is 1.54. The fraction of sp³-hybridized carbons (Fsp3) is 0.611. The molecule has 4 rings (SSSR count). The lowest BCUT2D eigenvalue weighted by atomic mass is 9.78. The zero-order valence-electron chi connectivity index (χ0n) is 14.9. The van der Waals surface area contributed by atoms with Crippen LogP contribution < -0.4 is 10.2 Å². The number of methoxy groups -OCH3 is 1. The first-order valence-corrected chi connectivity index (χ1v) is 9.95. The maximum absolute atomic E-state index is 12.1. The number of hydrogen-bond acceptors (Lipinski definition) is 7. The number of anilines is 1. The number of nitrogens with zero attached hydrogens (tertiary/aromatic N) is 3. The van der Waals surface area contributed by atoms with Crippen LogP contribution in [0.2, 0.25) is 0 Å². The average Bonchev–Trinajstić information content (AvgIpc) is 3.13. The van der Waals surface area contributed by atoms with E-state index in [0.717, 1.165) is 54.8 Å². The molecule has 2 aliphatic rings. The van der Waals surface area contributed by atoms with Gasteiger partial charge >= 0.3 is 0 Å². The second kappa shape index (κ2) is 7.46. The van der Waals surface area contributed by atoms with Crippen LogP contribution in [0.1, 0.15) is 25.7 Å². The van der Waals surface area contributed by atoms with Gasteiger partial charge in [-0.15, -0.1) is 11.3 Å². The van der Waals surface area contributed by atoms with E-state index in [0.29, 0.717) is 6.61 Å². The topological polar surface area (TPSA) is 76.6 Å². The number of carbonyl (C=O) groups is 1. The minimum atomic E-state index is -0.368. The van der Waals surface area contributed by atoms with Crippen molar-refractivity contribution in [1.82, 2.24) is 15.3 Å². The van der Waals surface area contributed by atoms with Gasteiger partial charge in [-0.05, 0) is 24.3 Å². The minimum absolute atomic E-state index is 0.00139. The molecule has 3 heterocycles. The molecule has 26 heavy (non-hydrogen) atoms. The molecule has 0 unspecified atom stereocenters. The van der Waals surface area contributed by atoms with E-state index in [1.54, 1.807) is 17.7 Å². The van der Waals surface area contributed by atoms with Crippen LogP contribution in [0.3, 0.4) is 0 Å². The van der Waals surface area contributed by atoms with E-state index in [-0.39, 0.29) is 24.2 Å². The number of rotatable bonds is 4. The minimum Gasteiger partial charge on any atom is -0.375 e. The molecule has 2 aromatic rings. The number of ether oxygens (including phenoxy) is 2. The molecule has 7 nitrogen and oxygen atoms in total. The zero-order chi connectivity index (χ0) is 18.0. The first kappa shape index (κ1) is 17.6. The van der Waals surface area contributed by atoms with Gasteiger partial charge in [-0.1, -0.05) is 12.8 Å². The van der Waals surface area contributed by atoms with E-state index in [1.165, 1.54) is 7.11 Å². The number of carbonyl (C=O) groups excluding carboxylic acids is 1. The molecule has 0 aromatic carbocycles. The van der Waals surface area contributed by atoms with Crippen LogP contribution in [-0.2, 0) is 14.3 Å². The molecule has 0 bridgehead atoms. The number of thiophene rings is 1. The predicted octanol–water partition coefficient (Wildman–Crippen LogP) is 1.97. The Morgan fingerprint density at radius 1 is 1.50 bits per heavy atom. The third kappa shape index (κ3) is 3.28. The summed E-state index contributed by atoms with van der Waals surface area (Å²) < 4.78 is 11.3. The Balaban J connectivity index is 1.59. The van der Waals surface area contributed by atoms with E-state index in [2.05, 4.69) is 26.3 Å². The third-order valence-electron chi connectivity index (χ3n) is 5.34. The highest BCUT2D eigenvalue weighted by molar-refractivity contribution is 7.16. The molecule has 1 amide bonds. The molecule has 1 spiro atoms. The Kier molecular flexibility index (Phi) is 5.06. The Morgan fingerprint density at radius 3 is 3.31 bits per heavy atom. The SMILES string of the molecule is COCC(=O)N[C@H]1CCCC[C@]12CN(c1ncnc3sccc13)CCO2. The van der Waals surface area contributed by atoms with Crippen molar-refractivity contribution in [2.75, 3.05) is 38.3 Å². The summed E-state index contributed by atoms with van der Waals surface area (Å²) in [6, 6.07) is 2.08. The molecule has 1 N–H and O–H groups in total.